The molecule has 84 valence electrons. The van der Waals surface area contributed by atoms with Gasteiger partial charge in [-0.25, -0.2) is 0 Å². The largest absolute Gasteiger partial charge is 0.383 e. The quantitative estimate of drug-likeness (QED) is 0.810. The normalized spacial score (nSPS) is 12.9. The predicted molar refractivity (Wildman–Crippen MR) is 67.4 cm³/mol. The molecule has 0 radical (unpaired) electrons. The summed E-state index contributed by atoms with van der Waals surface area (Å²) in [5.74, 6) is 0.640. The summed E-state index contributed by atoms with van der Waals surface area (Å²) in [4.78, 5) is 0. The Morgan fingerprint density at radius 1 is 1.40 bits per heavy atom. The Kier molecular flexibility index (Phi) is 4.92. The number of nitrogens with one attached hydrogen (secondary N) is 1. The van der Waals surface area contributed by atoms with Gasteiger partial charge in [-0.15, -0.1) is 0 Å². The van der Waals surface area contributed by atoms with E-state index < -0.39 is 0 Å². The summed E-state index contributed by atoms with van der Waals surface area (Å²) < 4.78 is 0. The molecule has 0 saturated heterocycles. The summed E-state index contributed by atoms with van der Waals surface area (Å²) in [6.07, 6.45) is 1.04. The van der Waals surface area contributed by atoms with Crippen LogP contribution >= 0.6 is 11.6 Å². The third kappa shape index (κ3) is 5.05. The van der Waals surface area contributed by atoms with Crippen LogP contribution in [0.3, 0.4) is 0 Å². The highest BCUT2D eigenvalue weighted by Gasteiger charge is 2.04. The van der Waals surface area contributed by atoms with E-state index in [-0.39, 0.29) is 6.04 Å². The van der Waals surface area contributed by atoms with Gasteiger partial charge >= 0.3 is 0 Å². The van der Waals surface area contributed by atoms with Crippen molar-refractivity contribution in [1.29, 1.82) is 0 Å². The van der Waals surface area contributed by atoms with Crippen molar-refractivity contribution in [2.75, 3.05) is 11.9 Å². The third-order valence-electron chi connectivity index (χ3n) is 2.17. The van der Waals surface area contributed by atoms with Crippen molar-refractivity contribution in [3.63, 3.8) is 0 Å². The minimum atomic E-state index is 0.198. The van der Waals surface area contributed by atoms with Crippen LogP contribution in [0.4, 0.5) is 5.69 Å². The molecule has 0 aliphatic carbocycles. The highest BCUT2D eigenvalue weighted by molar-refractivity contribution is 6.30. The van der Waals surface area contributed by atoms with Gasteiger partial charge in [0.1, 0.15) is 0 Å². The SMILES string of the molecule is CC(C)CC(N)CNc1cccc(Cl)c1. The molecule has 0 aromatic heterocycles. The fraction of sp³-hybridized carbons (Fsp3) is 0.500. The van der Waals surface area contributed by atoms with Gasteiger partial charge in [0.15, 0.2) is 0 Å². The average molecular weight is 227 g/mol. The maximum absolute atomic E-state index is 5.97. The number of anilines is 1. The fourth-order valence-corrected chi connectivity index (χ4v) is 1.73. The van der Waals surface area contributed by atoms with Crippen LogP contribution in [0.25, 0.3) is 0 Å². The number of rotatable bonds is 5. The molecule has 15 heavy (non-hydrogen) atoms. The van der Waals surface area contributed by atoms with E-state index in [1.807, 2.05) is 24.3 Å². The van der Waals surface area contributed by atoms with Gasteiger partial charge in [0.2, 0.25) is 0 Å². The molecular weight excluding hydrogens is 208 g/mol. The maximum atomic E-state index is 5.97. The number of nitrogens with two attached hydrogens (primary N) is 1. The molecule has 0 fully saturated rings. The lowest BCUT2D eigenvalue weighted by molar-refractivity contribution is 0.508. The van der Waals surface area contributed by atoms with E-state index in [0.717, 1.165) is 23.7 Å². The number of hydrogen-bond donors (Lipinski definition) is 2. The summed E-state index contributed by atoms with van der Waals surface area (Å²) in [5.41, 5.74) is 6.99. The Bertz CT molecular complexity index is 299. The van der Waals surface area contributed by atoms with Gasteiger partial charge in [-0.2, -0.15) is 0 Å². The summed E-state index contributed by atoms with van der Waals surface area (Å²) in [6.45, 7) is 5.15. The van der Waals surface area contributed by atoms with Crippen LogP contribution in [0, 0.1) is 5.92 Å². The monoisotopic (exact) mass is 226 g/mol. The molecule has 0 aliphatic rings. The second-order valence-electron chi connectivity index (χ2n) is 4.28. The molecule has 1 aromatic rings. The average Bonchev–Trinajstić information content (AvgIpc) is 2.14. The second-order valence-corrected chi connectivity index (χ2v) is 4.72. The molecule has 0 saturated carbocycles. The van der Waals surface area contributed by atoms with Crippen molar-refractivity contribution < 1.29 is 0 Å². The number of hydrogen-bond acceptors (Lipinski definition) is 2. The van der Waals surface area contributed by atoms with Crippen LogP contribution in [0.2, 0.25) is 5.02 Å². The molecule has 2 nitrogen and oxygen atoms in total. The van der Waals surface area contributed by atoms with Crippen LogP contribution < -0.4 is 11.1 Å². The zero-order valence-electron chi connectivity index (χ0n) is 9.33. The summed E-state index contributed by atoms with van der Waals surface area (Å²) in [7, 11) is 0. The van der Waals surface area contributed by atoms with Gasteiger partial charge in [0, 0.05) is 23.3 Å². The van der Waals surface area contributed by atoms with Crippen molar-refractivity contribution in [2.24, 2.45) is 11.7 Å². The lowest BCUT2D eigenvalue weighted by Crippen LogP contribution is -2.30. The summed E-state index contributed by atoms with van der Waals surface area (Å²) in [6, 6.07) is 7.89. The van der Waals surface area contributed by atoms with Crippen LogP contribution in [-0.2, 0) is 0 Å². The lowest BCUT2D eigenvalue weighted by Gasteiger charge is -2.15. The Hall–Kier alpha value is -0.730. The molecule has 3 heteroatoms. The molecule has 0 bridgehead atoms. The standard InChI is InChI=1S/C12H19ClN2/c1-9(2)6-11(14)8-15-12-5-3-4-10(13)7-12/h3-5,7,9,11,15H,6,8,14H2,1-2H3. The van der Waals surface area contributed by atoms with E-state index in [4.69, 9.17) is 17.3 Å². The van der Waals surface area contributed by atoms with E-state index in [2.05, 4.69) is 19.2 Å². The van der Waals surface area contributed by atoms with Crippen molar-refractivity contribution in [2.45, 2.75) is 26.3 Å². The minimum Gasteiger partial charge on any atom is -0.383 e. The molecule has 0 aliphatic heterocycles. The summed E-state index contributed by atoms with van der Waals surface area (Å²) in [5, 5.41) is 4.03. The molecule has 3 N–H and O–H groups in total. The van der Waals surface area contributed by atoms with Gasteiger partial charge in [-0.3, -0.25) is 0 Å². The molecule has 0 spiro atoms. The number of halogens is 1. The minimum absolute atomic E-state index is 0.198. The molecule has 0 amide bonds. The maximum Gasteiger partial charge on any atom is 0.0426 e. The van der Waals surface area contributed by atoms with Crippen LogP contribution in [0.1, 0.15) is 20.3 Å². The Labute approximate surface area is 96.8 Å². The predicted octanol–water partition coefficient (Wildman–Crippen LogP) is 3.13. The molecular formula is C12H19ClN2. The number of benzene rings is 1. The lowest BCUT2D eigenvalue weighted by atomic mass is 10.0. The topological polar surface area (TPSA) is 38.0 Å². The zero-order chi connectivity index (χ0) is 11.3. The van der Waals surface area contributed by atoms with Gasteiger partial charge in [-0.1, -0.05) is 31.5 Å². The van der Waals surface area contributed by atoms with Crippen LogP contribution in [-0.4, -0.2) is 12.6 Å². The highest BCUT2D eigenvalue weighted by atomic mass is 35.5. The molecule has 1 aromatic carbocycles. The van der Waals surface area contributed by atoms with E-state index in [1.54, 1.807) is 0 Å². The zero-order valence-corrected chi connectivity index (χ0v) is 10.1. The smallest absolute Gasteiger partial charge is 0.0426 e. The van der Waals surface area contributed by atoms with Gasteiger partial charge in [0.05, 0.1) is 0 Å². The third-order valence-corrected chi connectivity index (χ3v) is 2.40. The van der Waals surface area contributed by atoms with Crippen molar-refractivity contribution in [3.05, 3.63) is 29.3 Å². The van der Waals surface area contributed by atoms with Gasteiger partial charge in [-0.05, 0) is 30.5 Å². The van der Waals surface area contributed by atoms with Crippen LogP contribution in [0.15, 0.2) is 24.3 Å². The van der Waals surface area contributed by atoms with Gasteiger partial charge in [0.25, 0.3) is 0 Å². The van der Waals surface area contributed by atoms with Crippen LogP contribution in [0.5, 0.6) is 0 Å². The second kappa shape index (κ2) is 5.99. The van der Waals surface area contributed by atoms with E-state index in [1.165, 1.54) is 0 Å². The first-order valence-electron chi connectivity index (χ1n) is 5.33. The van der Waals surface area contributed by atoms with E-state index >= 15 is 0 Å². The van der Waals surface area contributed by atoms with Crippen molar-refractivity contribution >= 4 is 17.3 Å². The first-order chi connectivity index (χ1) is 7.08. The first kappa shape index (κ1) is 12.3. The fourth-order valence-electron chi connectivity index (χ4n) is 1.54. The molecule has 1 atom stereocenters. The van der Waals surface area contributed by atoms with Crippen molar-refractivity contribution in [1.82, 2.24) is 0 Å². The molecule has 1 rings (SSSR count). The van der Waals surface area contributed by atoms with Gasteiger partial charge < -0.3 is 11.1 Å². The van der Waals surface area contributed by atoms with Crippen molar-refractivity contribution in [3.8, 4) is 0 Å². The van der Waals surface area contributed by atoms with E-state index in [9.17, 15) is 0 Å². The Morgan fingerprint density at radius 2 is 2.13 bits per heavy atom. The highest BCUT2D eigenvalue weighted by Crippen LogP contribution is 2.15. The Balaban J connectivity index is 2.36. The Morgan fingerprint density at radius 3 is 2.73 bits per heavy atom. The molecule has 1 unspecified atom stereocenters. The van der Waals surface area contributed by atoms with E-state index in [0.29, 0.717) is 5.92 Å². The first-order valence-corrected chi connectivity index (χ1v) is 5.70. The molecule has 0 heterocycles. The summed E-state index contributed by atoms with van der Waals surface area (Å²) >= 11 is 5.87.